The molecule has 0 aliphatic rings. The third-order valence-corrected chi connectivity index (χ3v) is 3.27. The van der Waals surface area contributed by atoms with Crippen LogP contribution in [0.2, 0.25) is 5.02 Å². The molecule has 0 unspecified atom stereocenters. The summed E-state index contributed by atoms with van der Waals surface area (Å²) in [7, 11) is 0. The molecular weight excluding hydrogens is 262 g/mol. The normalized spacial score (nSPS) is 10.2. The van der Waals surface area contributed by atoms with Gasteiger partial charge in [0.05, 0.1) is 10.6 Å². The van der Waals surface area contributed by atoms with E-state index in [2.05, 4.69) is 5.32 Å². The average Bonchev–Trinajstić information content (AvgIpc) is 2.39. The van der Waals surface area contributed by atoms with Crippen molar-refractivity contribution >= 4 is 23.3 Å². The Kier molecular flexibility index (Phi) is 4.07. The quantitative estimate of drug-likeness (QED) is 0.888. The molecule has 0 aromatic heterocycles. The summed E-state index contributed by atoms with van der Waals surface area (Å²) in [5.41, 5.74) is 3.22. The molecular formula is C15H14ClNO2. The van der Waals surface area contributed by atoms with Crippen molar-refractivity contribution in [2.24, 2.45) is 0 Å². The number of carbonyl (C=O) groups is 1. The largest absolute Gasteiger partial charge is 0.478 e. The van der Waals surface area contributed by atoms with Crippen LogP contribution in [0.25, 0.3) is 0 Å². The second kappa shape index (κ2) is 5.76. The lowest BCUT2D eigenvalue weighted by molar-refractivity contribution is 0.0697. The smallest absolute Gasteiger partial charge is 0.337 e. The lowest BCUT2D eigenvalue weighted by Gasteiger charge is -2.10. The number of rotatable bonds is 4. The Labute approximate surface area is 116 Å². The van der Waals surface area contributed by atoms with Crippen molar-refractivity contribution in [2.45, 2.75) is 13.5 Å². The predicted octanol–water partition coefficient (Wildman–Crippen LogP) is 3.96. The maximum Gasteiger partial charge on any atom is 0.337 e. The lowest BCUT2D eigenvalue weighted by Crippen LogP contribution is -2.03. The summed E-state index contributed by atoms with van der Waals surface area (Å²) in [6.45, 7) is 2.69. The highest BCUT2D eigenvalue weighted by atomic mass is 35.5. The average molecular weight is 276 g/mol. The Morgan fingerprint density at radius 2 is 2.00 bits per heavy atom. The molecule has 0 bridgehead atoms. The highest BCUT2D eigenvalue weighted by Crippen LogP contribution is 2.21. The third-order valence-electron chi connectivity index (χ3n) is 2.94. The highest BCUT2D eigenvalue weighted by Gasteiger charge is 2.09. The Balaban J connectivity index is 2.14. The molecule has 4 heteroatoms. The zero-order chi connectivity index (χ0) is 13.8. The standard InChI is InChI=1S/C15H14ClNO2/c1-10-4-2-3-5-11(10)9-17-12-6-7-14(16)13(8-12)15(18)19/h2-8,17H,9H2,1H3,(H,18,19). The number of hydrogen-bond acceptors (Lipinski definition) is 2. The number of carboxylic acid groups (broad SMARTS) is 1. The van der Waals surface area contributed by atoms with Gasteiger partial charge < -0.3 is 10.4 Å². The molecule has 0 radical (unpaired) electrons. The van der Waals surface area contributed by atoms with Gasteiger partial charge in [0.1, 0.15) is 0 Å². The van der Waals surface area contributed by atoms with Crippen LogP contribution in [0.3, 0.4) is 0 Å². The van der Waals surface area contributed by atoms with Crippen LogP contribution in [0.15, 0.2) is 42.5 Å². The summed E-state index contributed by atoms with van der Waals surface area (Å²) in [5.74, 6) is -1.02. The molecule has 3 nitrogen and oxygen atoms in total. The fourth-order valence-corrected chi connectivity index (χ4v) is 2.00. The molecule has 2 N–H and O–H groups in total. The second-order valence-corrected chi connectivity index (χ2v) is 4.69. The van der Waals surface area contributed by atoms with Crippen molar-refractivity contribution in [3.63, 3.8) is 0 Å². The molecule has 0 spiro atoms. The van der Waals surface area contributed by atoms with Crippen molar-refractivity contribution in [3.8, 4) is 0 Å². The van der Waals surface area contributed by atoms with Crippen LogP contribution in [-0.4, -0.2) is 11.1 Å². The van der Waals surface area contributed by atoms with Gasteiger partial charge in [-0.1, -0.05) is 35.9 Å². The number of aryl methyl sites for hydroxylation is 1. The molecule has 0 aliphatic carbocycles. The number of benzene rings is 2. The second-order valence-electron chi connectivity index (χ2n) is 4.28. The summed E-state index contributed by atoms with van der Waals surface area (Å²) in [6.07, 6.45) is 0. The minimum atomic E-state index is -1.02. The molecule has 2 aromatic carbocycles. The van der Waals surface area contributed by atoms with Crippen molar-refractivity contribution in [1.82, 2.24) is 0 Å². The summed E-state index contributed by atoms with van der Waals surface area (Å²) in [5, 5.41) is 12.5. The van der Waals surface area contributed by atoms with Gasteiger partial charge in [-0.3, -0.25) is 0 Å². The van der Waals surface area contributed by atoms with Crippen LogP contribution in [0.4, 0.5) is 5.69 Å². The molecule has 2 rings (SSSR count). The van der Waals surface area contributed by atoms with Gasteiger partial charge >= 0.3 is 5.97 Å². The Morgan fingerprint density at radius 3 is 2.68 bits per heavy atom. The number of anilines is 1. The fourth-order valence-electron chi connectivity index (χ4n) is 1.80. The Bertz CT molecular complexity index is 611. The minimum Gasteiger partial charge on any atom is -0.478 e. The van der Waals surface area contributed by atoms with Crippen LogP contribution in [0.5, 0.6) is 0 Å². The first-order valence-corrected chi connectivity index (χ1v) is 6.27. The van der Waals surface area contributed by atoms with Gasteiger partial charge in [-0.15, -0.1) is 0 Å². The van der Waals surface area contributed by atoms with Crippen molar-refractivity contribution in [2.75, 3.05) is 5.32 Å². The monoisotopic (exact) mass is 275 g/mol. The number of nitrogens with one attached hydrogen (secondary N) is 1. The van der Waals surface area contributed by atoms with Gasteiger partial charge in [0.15, 0.2) is 0 Å². The lowest BCUT2D eigenvalue weighted by atomic mass is 10.1. The van der Waals surface area contributed by atoms with Crippen molar-refractivity contribution < 1.29 is 9.90 Å². The van der Waals surface area contributed by atoms with E-state index < -0.39 is 5.97 Å². The van der Waals surface area contributed by atoms with E-state index in [1.807, 2.05) is 31.2 Å². The van der Waals surface area contributed by atoms with E-state index in [9.17, 15) is 4.79 Å². The zero-order valence-electron chi connectivity index (χ0n) is 10.5. The van der Waals surface area contributed by atoms with E-state index in [4.69, 9.17) is 16.7 Å². The van der Waals surface area contributed by atoms with Crippen LogP contribution < -0.4 is 5.32 Å². The van der Waals surface area contributed by atoms with E-state index in [-0.39, 0.29) is 10.6 Å². The molecule has 0 heterocycles. The molecule has 0 amide bonds. The predicted molar refractivity (Wildman–Crippen MR) is 76.9 cm³/mol. The third kappa shape index (κ3) is 3.26. The first-order valence-electron chi connectivity index (χ1n) is 5.89. The molecule has 0 saturated heterocycles. The SMILES string of the molecule is Cc1ccccc1CNc1ccc(Cl)c(C(=O)O)c1. The molecule has 0 aliphatic heterocycles. The van der Waals surface area contributed by atoms with Gasteiger partial charge in [-0.2, -0.15) is 0 Å². The van der Waals surface area contributed by atoms with Crippen molar-refractivity contribution in [3.05, 3.63) is 64.2 Å². The van der Waals surface area contributed by atoms with Gasteiger partial charge in [0, 0.05) is 12.2 Å². The summed E-state index contributed by atoms with van der Waals surface area (Å²) in [4.78, 5) is 11.0. The first-order chi connectivity index (χ1) is 9.08. The summed E-state index contributed by atoms with van der Waals surface area (Å²) >= 11 is 5.82. The van der Waals surface area contributed by atoms with E-state index in [0.29, 0.717) is 6.54 Å². The van der Waals surface area contributed by atoms with Crippen LogP contribution in [0, 0.1) is 6.92 Å². The number of halogens is 1. The van der Waals surface area contributed by atoms with E-state index in [1.54, 1.807) is 18.2 Å². The Morgan fingerprint density at radius 1 is 1.26 bits per heavy atom. The molecule has 0 fully saturated rings. The van der Waals surface area contributed by atoms with Gasteiger partial charge in [0.2, 0.25) is 0 Å². The maximum atomic E-state index is 11.0. The number of aromatic carboxylic acids is 1. The minimum absolute atomic E-state index is 0.108. The maximum absolute atomic E-state index is 11.0. The van der Waals surface area contributed by atoms with Crippen LogP contribution in [0.1, 0.15) is 21.5 Å². The fraction of sp³-hybridized carbons (Fsp3) is 0.133. The van der Waals surface area contributed by atoms with Crippen LogP contribution in [-0.2, 0) is 6.54 Å². The number of hydrogen-bond donors (Lipinski definition) is 2. The number of carboxylic acids is 1. The van der Waals surface area contributed by atoms with E-state index in [0.717, 1.165) is 5.69 Å². The van der Waals surface area contributed by atoms with Gasteiger partial charge in [-0.05, 0) is 36.2 Å². The molecule has 2 aromatic rings. The molecule has 98 valence electrons. The Hall–Kier alpha value is -2.00. The molecule has 0 atom stereocenters. The van der Waals surface area contributed by atoms with Crippen LogP contribution >= 0.6 is 11.6 Å². The topological polar surface area (TPSA) is 49.3 Å². The molecule has 19 heavy (non-hydrogen) atoms. The highest BCUT2D eigenvalue weighted by molar-refractivity contribution is 6.33. The molecule has 0 saturated carbocycles. The van der Waals surface area contributed by atoms with Gasteiger partial charge in [0.25, 0.3) is 0 Å². The summed E-state index contributed by atoms with van der Waals surface area (Å²) < 4.78 is 0. The van der Waals surface area contributed by atoms with E-state index >= 15 is 0 Å². The van der Waals surface area contributed by atoms with Crippen molar-refractivity contribution in [1.29, 1.82) is 0 Å². The first kappa shape index (κ1) is 13.4. The summed E-state index contributed by atoms with van der Waals surface area (Å²) in [6, 6.07) is 13.0. The van der Waals surface area contributed by atoms with Gasteiger partial charge in [-0.25, -0.2) is 4.79 Å². The zero-order valence-corrected chi connectivity index (χ0v) is 11.2. The van der Waals surface area contributed by atoms with E-state index in [1.165, 1.54) is 11.1 Å².